The molecule has 1 heterocycles. The van der Waals surface area contributed by atoms with Crippen LogP contribution in [0.25, 0.3) is 6.08 Å². The van der Waals surface area contributed by atoms with Crippen molar-refractivity contribution in [2.75, 3.05) is 11.6 Å². The summed E-state index contributed by atoms with van der Waals surface area (Å²) >= 11 is 1.65. The maximum atomic E-state index is 12.2. The smallest absolute Gasteiger partial charge is 0.331 e. The molecule has 0 aliphatic heterocycles. The predicted octanol–water partition coefficient (Wildman–Crippen LogP) is 3.77. The summed E-state index contributed by atoms with van der Waals surface area (Å²) in [6, 6.07) is 9.59. The van der Waals surface area contributed by atoms with Crippen LogP contribution in [0, 0.1) is 0 Å². The van der Waals surface area contributed by atoms with Crippen molar-refractivity contribution in [3.05, 3.63) is 48.2 Å². The quantitative estimate of drug-likeness (QED) is 0.454. The summed E-state index contributed by atoms with van der Waals surface area (Å²) in [4.78, 5) is 25.3. The molecule has 6 nitrogen and oxygen atoms in total. The molecule has 0 unspecified atom stereocenters. The van der Waals surface area contributed by atoms with E-state index >= 15 is 0 Å². The van der Waals surface area contributed by atoms with Gasteiger partial charge in [-0.2, -0.15) is 5.10 Å². The molecule has 1 aromatic heterocycles. The molecule has 138 valence electrons. The van der Waals surface area contributed by atoms with Gasteiger partial charge in [-0.1, -0.05) is 12.1 Å². The Labute approximate surface area is 157 Å². The Balaban J connectivity index is 1.90. The molecule has 2 aromatic rings. The maximum Gasteiger partial charge on any atom is 0.331 e. The third kappa shape index (κ3) is 5.49. The van der Waals surface area contributed by atoms with Crippen LogP contribution in [0.5, 0.6) is 0 Å². The fourth-order valence-electron chi connectivity index (χ4n) is 2.20. The number of rotatable bonds is 7. The number of anilines is 1. The molecule has 0 saturated heterocycles. The molecule has 1 atom stereocenters. The Morgan fingerprint density at radius 3 is 2.50 bits per heavy atom. The van der Waals surface area contributed by atoms with Crippen LogP contribution < -0.4 is 5.32 Å². The normalized spacial score (nSPS) is 12.3. The lowest BCUT2D eigenvalue weighted by molar-refractivity contribution is -0.148. The SMILES string of the molecule is CSc1ccc(/C=C/C(=O)O[C@@H](C)C(=O)Nc2ccnn2C(C)C)cc1. The van der Waals surface area contributed by atoms with Gasteiger partial charge in [-0.3, -0.25) is 4.79 Å². The number of amides is 1. The third-order valence-corrected chi connectivity index (χ3v) is 4.34. The first-order valence-electron chi connectivity index (χ1n) is 8.28. The minimum atomic E-state index is -0.915. The lowest BCUT2D eigenvalue weighted by Gasteiger charge is -2.15. The average Bonchev–Trinajstić information content (AvgIpc) is 3.08. The van der Waals surface area contributed by atoms with Crippen molar-refractivity contribution in [3.63, 3.8) is 0 Å². The van der Waals surface area contributed by atoms with Gasteiger partial charge in [0.15, 0.2) is 6.10 Å². The van der Waals surface area contributed by atoms with Gasteiger partial charge >= 0.3 is 5.97 Å². The van der Waals surface area contributed by atoms with Crippen molar-refractivity contribution in [3.8, 4) is 0 Å². The minimum Gasteiger partial charge on any atom is -0.449 e. The highest BCUT2D eigenvalue weighted by atomic mass is 32.2. The van der Waals surface area contributed by atoms with Gasteiger partial charge in [-0.25, -0.2) is 9.48 Å². The molecule has 1 N–H and O–H groups in total. The summed E-state index contributed by atoms with van der Waals surface area (Å²) in [6.07, 6.45) is 5.67. The van der Waals surface area contributed by atoms with Crippen LogP contribution in [0.4, 0.5) is 5.82 Å². The second-order valence-corrected chi connectivity index (χ2v) is 6.81. The fraction of sp³-hybridized carbons (Fsp3) is 0.316. The number of carbonyl (C=O) groups excluding carboxylic acids is 2. The van der Waals surface area contributed by atoms with E-state index in [0.29, 0.717) is 5.82 Å². The molecule has 0 radical (unpaired) electrons. The third-order valence-electron chi connectivity index (χ3n) is 3.60. The van der Waals surface area contributed by atoms with E-state index in [1.165, 1.54) is 13.0 Å². The Kier molecular flexibility index (Phi) is 7.03. The Morgan fingerprint density at radius 1 is 1.19 bits per heavy atom. The summed E-state index contributed by atoms with van der Waals surface area (Å²) in [7, 11) is 0. The minimum absolute atomic E-state index is 0.110. The number of hydrogen-bond acceptors (Lipinski definition) is 5. The summed E-state index contributed by atoms with van der Waals surface area (Å²) in [6.45, 7) is 5.45. The number of ether oxygens (including phenoxy) is 1. The zero-order chi connectivity index (χ0) is 19.1. The average molecular weight is 373 g/mol. The van der Waals surface area contributed by atoms with Gasteiger partial charge < -0.3 is 10.1 Å². The Hall–Kier alpha value is -2.54. The molecule has 0 aliphatic rings. The molecular weight excluding hydrogens is 350 g/mol. The van der Waals surface area contributed by atoms with Crippen molar-refractivity contribution in [2.45, 2.75) is 37.8 Å². The standard InChI is InChI=1S/C19H23N3O3S/c1-13(2)22-17(11-12-20-22)21-19(24)14(3)25-18(23)10-7-15-5-8-16(26-4)9-6-15/h5-14H,1-4H3,(H,21,24)/b10-7+/t14-/m0/s1. The lowest BCUT2D eigenvalue weighted by atomic mass is 10.2. The highest BCUT2D eigenvalue weighted by molar-refractivity contribution is 7.98. The highest BCUT2D eigenvalue weighted by Crippen LogP contribution is 2.16. The van der Waals surface area contributed by atoms with E-state index in [1.807, 2.05) is 44.4 Å². The van der Waals surface area contributed by atoms with Gasteiger partial charge in [0.25, 0.3) is 5.91 Å². The second kappa shape index (κ2) is 9.24. The largest absolute Gasteiger partial charge is 0.449 e. The van der Waals surface area contributed by atoms with E-state index in [4.69, 9.17) is 4.74 Å². The summed E-state index contributed by atoms with van der Waals surface area (Å²) in [5.74, 6) is -0.408. The topological polar surface area (TPSA) is 73.2 Å². The van der Waals surface area contributed by atoms with Crippen LogP contribution in [0.15, 0.2) is 47.5 Å². The number of nitrogens with zero attached hydrogens (tertiary/aromatic N) is 2. The summed E-state index contributed by atoms with van der Waals surface area (Å²) in [5, 5.41) is 6.87. The second-order valence-electron chi connectivity index (χ2n) is 5.93. The fourth-order valence-corrected chi connectivity index (χ4v) is 2.61. The van der Waals surface area contributed by atoms with Crippen LogP contribution in [0.2, 0.25) is 0 Å². The van der Waals surface area contributed by atoms with Crippen LogP contribution >= 0.6 is 11.8 Å². The molecule has 0 saturated carbocycles. The van der Waals surface area contributed by atoms with Crippen LogP contribution in [-0.4, -0.2) is 34.0 Å². The molecular formula is C19H23N3O3S. The van der Waals surface area contributed by atoms with E-state index in [1.54, 1.807) is 34.8 Å². The van der Waals surface area contributed by atoms with Gasteiger partial charge in [0.05, 0.1) is 6.20 Å². The number of esters is 1. The van der Waals surface area contributed by atoms with E-state index in [9.17, 15) is 9.59 Å². The van der Waals surface area contributed by atoms with E-state index in [-0.39, 0.29) is 6.04 Å². The van der Waals surface area contributed by atoms with Gasteiger partial charge in [0.1, 0.15) is 5.82 Å². The van der Waals surface area contributed by atoms with Gasteiger partial charge in [0, 0.05) is 23.1 Å². The Morgan fingerprint density at radius 2 is 1.88 bits per heavy atom. The van der Waals surface area contributed by atoms with Gasteiger partial charge in [-0.15, -0.1) is 11.8 Å². The number of thioether (sulfide) groups is 1. The van der Waals surface area contributed by atoms with E-state index in [0.717, 1.165) is 10.5 Å². The molecule has 1 amide bonds. The summed E-state index contributed by atoms with van der Waals surface area (Å²) < 4.78 is 6.84. The first-order chi connectivity index (χ1) is 12.4. The molecule has 7 heteroatoms. The van der Waals surface area contributed by atoms with Gasteiger partial charge in [0.2, 0.25) is 0 Å². The number of nitrogens with one attached hydrogen (secondary N) is 1. The highest BCUT2D eigenvalue weighted by Gasteiger charge is 2.18. The van der Waals surface area contributed by atoms with Crippen molar-refractivity contribution < 1.29 is 14.3 Å². The van der Waals surface area contributed by atoms with Gasteiger partial charge in [-0.05, 0) is 50.8 Å². The molecule has 0 aliphatic carbocycles. The van der Waals surface area contributed by atoms with E-state index in [2.05, 4.69) is 10.4 Å². The first kappa shape index (κ1) is 19.8. The molecule has 0 fully saturated rings. The number of hydrogen-bond donors (Lipinski definition) is 1. The van der Waals surface area contributed by atoms with Crippen LogP contribution in [0.3, 0.4) is 0 Å². The molecule has 0 bridgehead atoms. The maximum absolute atomic E-state index is 12.2. The monoisotopic (exact) mass is 373 g/mol. The number of benzene rings is 1. The zero-order valence-corrected chi connectivity index (χ0v) is 16.1. The molecule has 26 heavy (non-hydrogen) atoms. The molecule has 2 rings (SSSR count). The van der Waals surface area contributed by atoms with E-state index < -0.39 is 18.0 Å². The lowest BCUT2D eigenvalue weighted by Crippen LogP contribution is -2.30. The van der Waals surface area contributed by atoms with Crippen molar-refractivity contribution in [1.82, 2.24) is 9.78 Å². The summed E-state index contributed by atoms with van der Waals surface area (Å²) in [5.41, 5.74) is 0.887. The molecule has 0 spiro atoms. The Bertz CT molecular complexity index is 782. The first-order valence-corrected chi connectivity index (χ1v) is 9.50. The van der Waals surface area contributed by atoms with Crippen molar-refractivity contribution in [1.29, 1.82) is 0 Å². The van der Waals surface area contributed by atoms with Crippen LogP contribution in [-0.2, 0) is 14.3 Å². The van der Waals surface area contributed by atoms with Crippen LogP contribution in [0.1, 0.15) is 32.4 Å². The molecule has 1 aromatic carbocycles. The zero-order valence-electron chi connectivity index (χ0n) is 15.3. The predicted molar refractivity (Wildman–Crippen MR) is 104 cm³/mol. The number of aromatic nitrogens is 2. The van der Waals surface area contributed by atoms with Crippen molar-refractivity contribution in [2.24, 2.45) is 0 Å². The van der Waals surface area contributed by atoms with Crippen molar-refractivity contribution >= 4 is 35.5 Å². The number of carbonyl (C=O) groups is 2.